The number of para-hydroxylation sites is 1. The number of aryl methyl sites for hydroxylation is 2. The summed E-state index contributed by atoms with van der Waals surface area (Å²) in [6.45, 7) is 13.7. The summed E-state index contributed by atoms with van der Waals surface area (Å²) in [5.74, 6) is 4.14. The van der Waals surface area contributed by atoms with Gasteiger partial charge >= 0.3 is 0 Å². The van der Waals surface area contributed by atoms with Gasteiger partial charge in [0.05, 0.1) is 30.0 Å². The summed E-state index contributed by atoms with van der Waals surface area (Å²) in [5.41, 5.74) is 11.1. The molecule has 0 amide bonds. The first-order chi connectivity index (χ1) is 23.7. The van der Waals surface area contributed by atoms with Gasteiger partial charge in [0.1, 0.15) is 23.1 Å². The standard InChI is InChI=1S/C43H44N4O2/c1-27(2)19-38-29(5)21-30(6)39(20-28(3)4)43(38)31-25-45-46(26-31)32-11-10-12-34(22-32)49-35-15-16-37-36-13-8-9-14-40(36)47(41(37)23-35)42-24-33(48-7)17-18-44-42/h8-18,21-28H,19-20H2,1-7H3. The van der Waals surface area contributed by atoms with Crippen molar-refractivity contribution in [2.45, 2.75) is 54.4 Å². The topological polar surface area (TPSA) is 54.1 Å². The van der Waals surface area contributed by atoms with Crippen molar-refractivity contribution in [3.05, 3.63) is 126 Å². The van der Waals surface area contributed by atoms with Crippen LogP contribution < -0.4 is 9.47 Å². The molecule has 7 aromatic rings. The fourth-order valence-corrected chi connectivity index (χ4v) is 7.09. The third-order valence-corrected chi connectivity index (χ3v) is 9.23. The van der Waals surface area contributed by atoms with E-state index in [1.54, 1.807) is 13.3 Å². The molecular weight excluding hydrogens is 604 g/mol. The molecule has 0 bridgehead atoms. The van der Waals surface area contributed by atoms with Gasteiger partial charge < -0.3 is 9.47 Å². The Morgan fingerprint density at radius 3 is 2.14 bits per heavy atom. The lowest BCUT2D eigenvalue weighted by molar-refractivity contribution is 0.414. The second-order valence-electron chi connectivity index (χ2n) is 13.9. The maximum atomic E-state index is 6.53. The highest BCUT2D eigenvalue weighted by atomic mass is 16.5. The quantitative estimate of drug-likeness (QED) is 0.148. The molecule has 6 nitrogen and oxygen atoms in total. The van der Waals surface area contributed by atoms with E-state index in [1.165, 1.54) is 27.8 Å². The van der Waals surface area contributed by atoms with E-state index in [-0.39, 0.29) is 0 Å². The van der Waals surface area contributed by atoms with Crippen molar-refractivity contribution >= 4 is 21.8 Å². The second kappa shape index (κ2) is 13.3. The van der Waals surface area contributed by atoms with Crippen LogP contribution in [0.4, 0.5) is 0 Å². The van der Waals surface area contributed by atoms with E-state index in [0.29, 0.717) is 11.8 Å². The van der Waals surface area contributed by atoms with Crippen LogP contribution in [0.2, 0.25) is 0 Å². The van der Waals surface area contributed by atoms with E-state index >= 15 is 0 Å². The van der Waals surface area contributed by atoms with Gasteiger partial charge in [-0.25, -0.2) is 9.67 Å². The fourth-order valence-electron chi connectivity index (χ4n) is 7.09. The molecule has 3 heterocycles. The molecule has 6 heteroatoms. The monoisotopic (exact) mass is 648 g/mol. The average Bonchev–Trinajstić information content (AvgIpc) is 3.70. The summed E-state index contributed by atoms with van der Waals surface area (Å²) in [4.78, 5) is 4.69. The molecule has 0 N–H and O–H groups in total. The third-order valence-electron chi connectivity index (χ3n) is 9.23. The van der Waals surface area contributed by atoms with Crippen LogP contribution in [0.3, 0.4) is 0 Å². The molecule has 49 heavy (non-hydrogen) atoms. The van der Waals surface area contributed by atoms with Crippen molar-refractivity contribution in [1.82, 2.24) is 19.3 Å². The Morgan fingerprint density at radius 1 is 0.694 bits per heavy atom. The molecule has 0 saturated carbocycles. The lowest BCUT2D eigenvalue weighted by Gasteiger charge is -2.22. The zero-order chi connectivity index (χ0) is 34.2. The Kier molecular flexibility index (Phi) is 8.72. The first-order valence-electron chi connectivity index (χ1n) is 17.2. The molecule has 0 atom stereocenters. The van der Waals surface area contributed by atoms with Gasteiger partial charge in [0.15, 0.2) is 0 Å². The van der Waals surface area contributed by atoms with Gasteiger partial charge in [-0.3, -0.25) is 4.57 Å². The van der Waals surface area contributed by atoms with E-state index in [9.17, 15) is 0 Å². The summed E-state index contributed by atoms with van der Waals surface area (Å²) in [6.07, 6.45) is 8.05. The minimum absolute atomic E-state index is 0.558. The molecule has 0 aliphatic rings. The van der Waals surface area contributed by atoms with Crippen molar-refractivity contribution in [3.63, 3.8) is 0 Å². The Morgan fingerprint density at radius 2 is 1.41 bits per heavy atom. The molecule has 0 unspecified atom stereocenters. The van der Waals surface area contributed by atoms with Crippen molar-refractivity contribution in [3.8, 4) is 39.9 Å². The van der Waals surface area contributed by atoms with Gasteiger partial charge in [0, 0.05) is 46.9 Å². The highest BCUT2D eigenvalue weighted by molar-refractivity contribution is 6.09. The first kappa shape index (κ1) is 32.2. The molecule has 0 radical (unpaired) electrons. The number of ether oxygens (including phenoxy) is 2. The molecular formula is C43H44N4O2. The second-order valence-corrected chi connectivity index (χ2v) is 13.9. The Balaban J connectivity index is 1.25. The number of benzene rings is 4. The molecule has 0 saturated heterocycles. The third kappa shape index (κ3) is 6.31. The van der Waals surface area contributed by atoms with E-state index in [4.69, 9.17) is 19.6 Å². The number of fused-ring (bicyclic) bond motifs is 3. The Bertz CT molecular complexity index is 2260. The van der Waals surface area contributed by atoms with Crippen molar-refractivity contribution in [1.29, 1.82) is 0 Å². The predicted molar refractivity (Wildman–Crippen MR) is 201 cm³/mol. The minimum Gasteiger partial charge on any atom is -0.497 e. The summed E-state index contributed by atoms with van der Waals surface area (Å²) in [7, 11) is 1.67. The molecule has 7 rings (SSSR count). The van der Waals surface area contributed by atoms with Crippen LogP contribution in [0.25, 0.3) is 44.4 Å². The van der Waals surface area contributed by atoms with Crippen molar-refractivity contribution in [2.75, 3.05) is 7.11 Å². The number of hydrogen-bond acceptors (Lipinski definition) is 4. The number of methoxy groups -OCH3 is 1. The molecule has 3 aromatic heterocycles. The molecule has 0 spiro atoms. The van der Waals surface area contributed by atoms with Gasteiger partial charge in [-0.2, -0.15) is 5.10 Å². The van der Waals surface area contributed by atoms with Gasteiger partial charge in [0.2, 0.25) is 0 Å². The zero-order valence-corrected chi connectivity index (χ0v) is 29.5. The van der Waals surface area contributed by atoms with E-state index < -0.39 is 0 Å². The van der Waals surface area contributed by atoms with Crippen LogP contribution in [-0.2, 0) is 12.8 Å². The zero-order valence-electron chi connectivity index (χ0n) is 29.5. The highest BCUT2D eigenvalue weighted by Gasteiger charge is 2.20. The molecule has 0 aliphatic heterocycles. The predicted octanol–water partition coefficient (Wildman–Crippen LogP) is 10.8. The van der Waals surface area contributed by atoms with Crippen LogP contribution in [0.15, 0.2) is 104 Å². The first-order valence-corrected chi connectivity index (χ1v) is 17.2. The Labute approximate surface area is 289 Å². The normalized spacial score (nSPS) is 11.7. The number of aromatic nitrogens is 4. The van der Waals surface area contributed by atoms with E-state index in [2.05, 4.69) is 101 Å². The highest BCUT2D eigenvalue weighted by Crippen LogP contribution is 2.38. The summed E-state index contributed by atoms with van der Waals surface area (Å²) in [6, 6.07) is 28.9. The van der Waals surface area contributed by atoms with Crippen LogP contribution in [0.1, 0.15) is 49.9 Å². The van der Waals surface area contributed by atoms with E-state index in [1.807, 2.05) is 47.3 Å². The lowest BCUT2D eigenvalue weighted by atomic mass is 9.83. The molecule has 248 valence electrons. The van der Waals surface area contributed by atoms with Gasteiger partial charge in [-0.15, -0.1) is 0 Å². The van der Waals surface area contributed by atoms with Crippen LogP contribution in [0.5, 0.6) is 17.2 Å². The number of nitrogens with zero attached hydrogens (tertiary/aromatic N) is 4. The smallest absolute Gasteiger partial charge is 0.141 e. The van der Waals surface area contributed by atoms with Crippen LogP contribution >= 0.6 is 0 Å². The number of rotatable bonds is 10. The summed E-state index contributed by atoms with van der Waals surface area (Å²) in [5, 5.41) is 7.16. The van der Waals surface area contributed by atoms with Gasteiger partial charge in [0.25, 0.3) is 0 Å². The van der Waals surface area contributed by atoms with Crippen molar-refractivity contribution in [2.24, 2.45) is 11.8 Å². The molecule has 0 fully saturated rings. The SMILES string of the molecule is COc1ccnc(-n2c3ccccc3c3ccc(Oc4cccc(-n5cc(-c6c(CC(C)C)c(C)cc(C)c6CC(C)C)cn5)c4)cc32)c1. The fraction of sp³-hybridized carbons (Fsp3) is 0.256. The van der Waals surface area contributed by atoms with Crippen LogP contribution in [-0.4, -0.2) is 26.4 Å². The Hall–Kier alpha value is -5.36. The van der Waals surface area contributed by atoms with Gasteiger partial charge in [-0.1, -0.05) is 58.0 Å². The maximum absolute atomic E-state index is 6.53. The van der Waals surface area contributed by atoms with Gasteiger partial charge in [-0.05, 0) is 103 Å². The minimum atomic E-state index is 0.558. The number of hydrogen-bond donors (Lipinski definition) is 0. The lowest BCUT2D eigenvalue weighted by Crippen LogP contribution is -2.07. The summed E-state index contributed by atoms with van der Waals surface area (Å²) < 4.78 is 16.2. The van der Waals surface area contributed by atoms with Crippen LogP contribution in [0, 0.1) is 25.7 Å². The summed E-state index contributed by atoms with van der Waals surface area (Å²) >= 11 is 0. The van der Waals surface area contributed by atoms with Crippen molar-refractivity contribution < 1.29 is 9.47 Å². The number of pyridine rings is 1. The molecule has 4 aromatic carbocycles. The largest absolute Gasteiger partial charge is 0.497 e. The maximum Gasteiger partial charge on any atom is 0.141 e. The average molecular weight is 649 g/mol. The molecule has 0 aliphatic carbocycles. The van der Waals surface area contributed by atoms with E-state index in [0.717, 1.165) is 69.0 Å².